The minimum absolute atomic E-state index is 0.0369. The average molecular weight is 573 g/mol. The maximum atomic E-state index is 13.4. The van der Waals surface area contributed by atoms with Gasteiger partial charge in [-0.3, -0.25) is 13.9 Å². The fraction of sp³-hybridized carbons (Fsp3) is 0.462. The Morgan fingerprint density at radius 2 is 1.70 bits per heavy atom. The van der Waals surface area contributed by atoms with Crippen LogP contribution >= 0.6 is 23.2 Å². The molecule has 0 aliphatic heterocycles. The van der Waals surface area contributed by atoms with E-state index in [1.54, 1.807) is 49.4 Å². The third kappa shape index (κ3) is 9.39. The van der Waals surface area contributed by atoms with E-state index in [0.717, 1.165) is 6.26 Å². The first-order valence-corrected chi connectivity index (χ1v) is 14.6. The number of benzene rings is 2. The highest BCUT2D eigenvalue weighted by atomic mass is 35.5. The largest absolute Gasteiger partial charge is 0.497 e. The second-order valence-electron chi connectivity index (χ2n) is 9.21. The molecule has 0 radical (unpaired) electrons. The molecule has 0 unspecified atom stereocenters. The quantitative estimate of drug-likeness (QED) is 0.374. The number of methoxy groups -OCH3 is 1. The van der Waals surface area contributed by atoms with Crippen LogP contribution in [0.2, 0.25) is 10.0 Å². The molecule has 2 rings (SSSR count). The number of hydrogen-bond acceptors (Lipinski definition) is 5. The van der Waals surface area contributed by atoms with E-state index in [1.165, 1.54) is 16.3 Å². The molecule has 0 aromatic heterocycles. The van der Waals surface area contributed by atoms with E-state index >= 15 is 0 Å². The van der Waals surface area contributed by atoms with Gasteiger partial charge in [0.05, 0.1) is 19.1 Å². The van der Waals surface area contributed by atoms with Crippen LogP contribution < -0.4 is 14.4 Å². The van der Waals surface area contributed by atoms with Gasteiger partial charge in [0, 0.05) is 36.1 Å². The zero-order valence-electron chi connectivity index (χ0n) is 21.8. The normalized spacial score (nSPS) is 12.2. The Morgan fingerprint density at radius 3 is 2.24 bits per heavy atom. The molecule has 0 aliphatic carbocycles. The van der Waals surface area contributed by atoms with E-state index in [2.05, 4.69) is 5.32 Å². The van der Waals surface area contributed by atoms with Crippen molar-refractivity contribution in [3.8, 4) is 5.75 Å². The van der Waals surface area contributed by atoms with Crippen molar-refractivity contribution in [2.45, 2.75) is 46.2 Å². The van der Waals surface area contributed by atoms with Crippen molar-refractivity contribution in [2.24, 2.45) is 5.92 Å². The maximum absolute atomic E-state index is 13.4. The molecule has 0 spiro atoms. The molecule has 11 heteroatoms. The van der Waals surface area contributed by atoms with Gasteiger partial charge in [0.2, 0.25) is 21.8 Å². The Balaban J connectivity index is 2.19. The predicted molar refractivity (Wildman–Crippen MR) is 149 cm³/mol. The monoisotopic (exact) mass is 571 g/mol. The summed E-state index contributed by atoms with van der Waals surface area (Å²) in [7, 11) is -2.06. The summed E-state index contributed by atoms with van der Waals surface area (Å²) in [6, 6.07) is 10.9. The van der Waals surface area contributed by atoms with Crippen molar-refractivity contribution >= 4 is 50.7 Å². The van der Waals surface area contributed by atoms with E-state index in [1.807, 2.05) is 13.8 Å². The Labute approximate surface area is 229 Å². The molecule has 2 amide bonds. The summed E-state index contributed by atoms with van der Waals surface area (Å²) in [5, 5.41) is 3.73. The number of halogens is 2. The summed E-state index contributed by atoms with van der Waals surface area (Å²) in [5.74, 6) is 0.295. The van der Waals surface area contributed by atoms with Gasteiger partial charge in [0.1, 0.15) is 11.8 Å². The number of carbonyl (C=O) groups excluding carboxylic acids is 2. The molecule has 8 nitrogen and oxygen atoms in total. The topological polar surface area (TPSA) is 96.0 Å². The fourth-order valence-electron chi connectivity index (χ4n) is 3.62. The van der Waals surface area contributed by atoms with Crippen LogP contribution in [0.1, 0.15) is 39.2 Å². The van der Waals surface area contributed by atoms with Crippen molar-refractivity contribution in [1.29, 1.82) is 0 Å². The number of carbonyl (C=O) groups is 2. The Kier molecular flexibility index (Phi) is 11.5. The summed E-state index contributed by atoms with van der Waals surface area (Å²) in [6.45, 7) is 6.32. The van der Waals surface area contributed by atoms with Gasteiger partial charge < -0.3 is 15.0 Å². The van der Waals surface area contributed by atoms with Crippen LogP contribution in [0.4, 0.5) is 5.69 Å². The third-order valence-corrected chi connectivity index (χ3v) is 7.50. The zero-order chi connectivity index (χ0) is 27.8. The van der Waals surface area contributed by atoms with Crippen molar-refractivity contribution in [1.82, 2.24) is 10.2 Å². The highest BCUT2D eigenvalue weighted by molar-refractivity contribution is 7.92. The van der Waals surface area contributed by atoms with Crippen molar-refractivity contribution in [2.75, 3.05) is 30.8 Å². The molecule has 0 fully saturated rings. The Bertz CT molecular complexity index is 1170. The lowest BCUT2D eigenvalue weighted by Gasteiger charge is -2.30. The van der Waals surface area contributed by atoms with Gasteiger partial charge in [-0.05, 0) is 61.2 Å². The number of nitrogens with one attached hydrogen (secondary N) is 1. The van der Waals surface area contributed by atoms with Crippen molar-refractivity contribution < 1.29 is 22.7 Å². The summed E-state index contributed by atoms with van der Waals surface area (Å²) < 4.78 is 31.3. The van der Waals surface area contributed by atoms with Gasteiger partial charge in [-0.2, -0.15) is 0 Å². The molecule has 0 saturated heterocycles. The fourth-order valence-corrected chi connectivity index (χ4v) is 5.05. The number of sulfonamides is 1. The molecular weight excluding hydrogens is 537 g/mol. The highest BCUT2D eigenvalue weighted by Gasteiger charge is 2.27. The maximum Gasteiger partial charge on any atom is 0.242 e. The summed E-state index contributed by atoms with van der Waals surface area (Å²) in [4.78, 5) is 27.6. The van der Waals surface area contributed by atoms with Crippen LogP contribution in [0.25, 0.3) is 0 Å². The number of ether oxygens (including phenoxy) is 1. The van der Waals surface area contributed by atoms with E-state index < -0.39 is 16.1 Å². The van der Waals surface area contributed by atoms with Gasteiger partial charge in [-0.25, -0.2) is 8.42 Å². The van der Waals surface area contributed by atoms with Crippen molar-refractivity contribution in [3.05, 3.63) is 58.1 Å². The number of rotatable bonds is 13. The number of anilines is 1. The zero-order valence-corrected chi connectivity index (χ0v) is 24.2. The molecule has 0 bridgehead atoms. The minimum Gasteiger partial charge on any atom is -0.497 e. The standard InChI is InChI=1S/C26H35Cl2N3O5S/c1-18(2)16-29-26(33)19(3)30(17-20-8-9-21(27)15-24(20)28)25(32)7-6-14-31(37(5,34)35)22-10-12-23(36-4)13-11-22/h8-13,15,18-19H,6-7,14,16-17H2,1-5H3,(H,29,33)/t19-/m1/s1. The van der Waals surface area contributed by atoms with E-state index in [9.17, 15) is 18.0 Å². The van der Waals surface area contributed by atoms with Gasteiger partial charge in [0.25, 0.3) is 0 Å². The molecule has 0 aliphatic rings. The first-order chi connectivity index (χ1) is 17.3. The Morgan fingerprint density at radius 1 is 1.05 bits per heavy atom. The lowest BCUT2D eigenvalue weighted by atomic mass is 10.1. The average Bonchev–Trinajstić information content (AvgIpc) is 2.83. The van der Waals surface area contributed by atoms with Gasteiger partial charge >= 0.3 is 0 Å². The SMILES string of the molecule is COc1ccc(N(CCCC(=O)N(Cc2ccc(Cl)cc2Cl)[C@H](C)C(=O)NCC(C)C)S(C)(=O)=O)cc1. The molecule has 37 heavy (non-hydrogen) atoms. The molecule has 2 aromatic rings. The predicted octanol–water partition coefficient (Wildman–Crippen LogP) is 4.74. The van der Waals surface area contributed by atoms with Crippen molar-refractivity contribution in [3.63, 3.8) is 0 Å². The number of nitrogens with zero attached hydrogens (tertiary/aromatic N) is 2. The van der Waals surface area contributed by atoms with Crippen LogP contribution in [-0.4, -0.2) is 57.6 Å². The van der Waals surface area contributed by atoms with E-state index in [4.69, 9.17) is 27.9 Å². The van der Waals surface area contributed by atoms with Crippen LogP contribution in [0.15, 0.2) is 42.5 Å². The molecule has 0 heterocycles. The highest BCUT2D eigenvalue weighted by Crippen LogP contribution is 2.25. The first kappa shape index (κ1) is 30.7. The summed E-state index contributed by atoms with van der Waals surface area (Å²) >= 11 is 12.4. The lowest BCUT2D eigenvalue weighted by Crippen LogP contribution is -2.48. The van der Waals surface area contributed by atoms with E-state index in [-0.39, 0.29) is 43.7 Å². The minimum atomic E-state index is -3.59. The molecular formula is C26H35Cl2N3O5S. The Hall–Kier alpha value is -2.49. The van der Waals surface area contributed by atoms with Crippen LogP contribution in [0, 0.1) is 5.92 Å². The van der Waals surface area contributed by atoms with Crippen LogP contribution in [0.3, 0.4) is 0 Å². The lowest BCUT2D eigenvalue weighted by molar-refractivity contribution is -0.140. The molecule has 2 aromatic carbocycles. The molecule has 0 saturated carbocycles. The smallest absolute Gasteiger partial charge is 0.242 e. The third-order valence-electron chi connectivity index (χ3n) is 5.72. The second-order valence-corrected chi connectivity index (χ2v) is 12.0. The molecule has 1 N–H and O–H groups in total. The molecule has 204 valence electrons. The first-order valence-electron chi connectivity index (χ1n) is 12.0. The van der Waals surface area contributed by atoms with Crippen LogP contribution in [0.5, 0.6) is 5.75 Å². The number of amides is 2. The second kappa shape index (κ2) is 13.9. The summed E-state index contributed by atoms with van der Waals surface area (Å²) in [5.41, 5.74) is 1.13. The number of hydrogen-bond donors (Lipinski definition) is 1. The van der Waals surface area contributed by atoms with Gasteiger partial charge in [-0.1, -0.05) is 43.1 Å². The molecule has 1 atom stereocenters. The van der Waals surface area contributed by atoms with E-state index in [0.29, 0.717) is 33.6 Å². The van der Waals surface area contributed by atoms with Gasteiger partial charge in [-0.15, -0.1) is 0 Å². The summed E-state index contributed by atoms with van der Waals surface area (Å²) in [6.07, 6.45) is 1.41. The van der Waals surface area contributed by atoms with Crippen LogP contribution in [-0.2, 0) is 26.2 Å². The van der Waals surface area contributed by atoms with Gasteiger partial charge in [0.15, 0.2) is 0 Å².